The van der Waals surface area contributed by atoms with Crippen LogP contribution in [0.25, 0.3) is 0 Å². The largest absolute Gasteiger partial charge is 0.490 e. The number of hydrogen-bond acceptors (Lipinski definition) is 13. The molecule has 0 radical (unpaired) electrons. The number of benzene rings is 1. The first-order chi connectivity index (χ1) is 18.6. The predicted octanol–water partition coefficient (Wildman–Crippen LogP) is 0.583. The molecule has 18 heteroatoms. The van der Waals surface area contributed by atoms with Crippen LogP contribution in [0.4, 0.5) is 5.13 Å². The zero-order chi connectivity index (χ0) is 29.8. The Bertz CT molecular complexity index is 1440. The van der Waals surface area contributed by atoms with Crippen LogP contribution in [0.1, 0.15) is 37.9 Å². The van der Waals surface area contributed by atoms with Gasteiger partial charge in [0.25, 0.3) is 5.91 Å². The number of aliphatic carboxylic acids is 1. The number of amides is 1. The normalized spacial score (nSPS) is 17.6. The number of carbonyl (C=O) groups excluding carboxylic acids is 2. The number of anilines is 1. The number of nitrogens with two attached hydrogens (primary N) is 2. The molecular formula is C22H26N6O10S2. The number of ether oxygens (including phenoxy) is 1. The van der Waals surface area contributed by atoms with Gasteiger partial charge >= 0.3 is 16.4 Å². The van der Waals surface area contributed by atoms with E-state index in [2.05, 4.69) is 14.4 Å². The first-order valence-corrected chi connectivity index (χ1v) is 13.6. The maximum atomic E-state index is 13.2. The first-order valence-electron chi connectivity index (χ1n) is 11.4. The minimum absolute atomic E-state index is 0.0120. The molecule has 1 saturated heterocycles. The van der Waals surface area contributed by atoms with Crippen molar-refractivity contribution in [1.82, 2.24) is 10.0 Å². The summed E-state index contributed by atoms with van der Waals surface area (Å²) in [5.41, 5.74) is 9.92. The number of Topliss-reactive ketones (excluding diaryl/α,β-unsaturated/α-hetero) is 1. The van der Waals surface area contributed by atoms with E-state index < -0.39 is 58.5 Å². The highest BCUT2D eigenvalue weighted by Crippen LogP contribution is 2.40. The number of amidine groups is 1. The Hall–Kier alpha value is -4.13. The fourth-order valence-electron chi connectivity index (χ4n) is 3.65. The fraction of sp³-hybridized carbons (Fsp3) is 0.364. The van der Waals surface area contributed by atoms with Crippen molar-refractivity contribution in [2.24, 2.45) is 16.8 Å². The van der Waals surface area contributed by atoms with Crippen LogP contribution in [-0.2, 0) is 33.9 Å². The topological polar surface area (TPSA) is 258 Å². The molecule has 40 heavy (non-hydrogen) atoms. The number of β-lactam (4-membered cyclic amide) rings is 1. The summed E-state index contributed by atoms with van der Waals surface area (Å²) < 4.78 is 40.9. The van der Waals surface area contributed by atoms with E-state index in [1.807, 2.05) is 0 Å². The van der Waals surface area contributed by atoms with Gasteiger partial charge in [0, 0.05) is 17.4 Å². The second-order valence-electron chi connectivity index (χ2n) is 9.05. The van der Waals surface area contributed by atoms with Gasteiger partial charge in [0.15, 0.2) is 22.7 Å². The number of ketones is 1. The maximum Gasteiger partial charge on any atom is 0.418 e. The Balaban J connectivity index is 1.78. The molecule has 2 aromatic rings. The lowest BCUT2D eigenvalue weighted by atomic mass is 9.74. The molecule has 1 aliphatic heterocycles. The van der Waals surface area contributed by atoms with Crippen LogP contribution < -0.4 is 16.2 Å². The first kappa shape index (κ1) is 30.4. The van der Waals surface area contributed by atoms with Gasteiger partial charge in [0.2, 0.25) is 0 Å². The number of oxime groups is 1. The molecule has 0 bridgehead atoms. The van der Waals surface area contributed by atoms with E-state index in [1.54, 1.807) is 0 Å². The van der Waals surface area contributed by atoms with Crippen LogP contribution in [0.3, 0.4) is 0 Å². The molecule has 0 aliphatic carbocycles. The van der Waals surface area contributed by atoms with Crippen LogP contribution in [-0.4, -0.2) is 75.6 Å². The van der Waals surface area contributed by atoms with E-state index in [-0.39, 0.29) is 29.0 Å². The maximum absolute atomic E-state index is 13.2. The third-order valence-corrected chi connectivity index (χ3v) is 6.77. The Morgan fingerprint density at radius 1 is 1.30 bits per heavy atom. The number of nitrogen functional groups attached to an aromatic ring is 2. The minimum Gasteiger partial charge on any atom is -0.490 e. The van der Waals surface area contributed by atoms with E-state index in [0.29, 0.717) is 16.4 Å². The smallest absolute Gasteiger partial charge is 0.418 e. The molecular weight excluding hydrogens is 572 g/mol. The summed E-state index contributed by atoms with van der Waals surface area (Å²) in [6.07, 6.45) is -2.19. The monoisotopic (exact) mass is 598 g/mol. The zero-order valence-corrected chi connectivity index (χ0v) is 22.8. The highest BCUT2D eigenvalue weighted by Gasteiger charge is 2.57. The van der Waals surface area contributed by atoms with E-state index >= 15 is 0 Å². The molecule has 2 heterocycles. The van der Waals surface area contributed by atoms with Gasteiger partial charge in [-0.05, 0) is 38.1 Å². The summed E-state index contributed by atoms with van der Waals surface area (Å²) in [5, 5.41) is 22.5. The molecule has 1 aromatic heterocycles. The number of nitrogens with zero attached hydrogens (tertiary/aromatic N) is 3. The van der Waals surface area contributed by atoms with E-state index in [0.717, 1.165) is 11.3 Å². The van der Waals surface area contributed by atoms with Crippen LogP contribution in [0.15, 0.2) is 34.8 Å². The van der Waals surface area contributed by atoms with Gasteiger partial charge in [-0.2, -0.15) is 13.5 Å². The standard InChI is InChI=1S/C22H26N6O10S2/c1-22(2)14(20(32)28(22)38-40(33,34)35)8-16(29)18(15-10-39-21(25)26-15)27-37-13(7-17(30)31)9-36-12-5-3-11(4-6-12)19(23)24/h3-6,10,13-14H,7-9H2,1-2H3,(H3,23,24)(H2,25,26)(H,30,31)(H,33,34,35)/b27-18-. The quantitative estimate of drug-likeness (QED) is 0.0656. The molecule has 16 nitrogen and oxygen atoms in total. The van der Waals surface area contributed by atoms with Gasteiger partial charge < -0.3 is 26.1 Å². The van der Waals surface area contributed by atoms with Crippen molar-refractivity contribution in [1.29, 1.82) is 5.41 Å². The summed E-state index contributed by atoms with van der Waals surface area (Å²) >= 11 is 0.997. The number of rotatable bonds is 14. The molecule has 1 amide bonds. The minimum atomic E-state index is -4.98. The third-order valence-electron chi connectivity index (χ3n) is 5.76. The molecule has 2 unspecified atom stereocenters. The van der Waals surface area contributed by atoms with Crippen LogP contribution in [0.2, 0.25) is 0 Å². The Morgan fingerprint density at radius 2 is 1.95 bits per heavy atom. The lowest BCUT2D eigenvalue weighted by Gasteiger charge is -2.50. The van der Waals surface area contributed by atoms with Crippen molar-refractivity contribution >= 4 is 56.1 Å². The summed E-state index contributed by atoms with van der Waals surface area (Å²) in [6.45, 7) is 2.57. The van der Waals surface area contributed by atoms with Crippen LogP contribution in [0.5, 0.6) is 5.75 Å². The Kier molecular flexibility index (Phi) is 9.08. The number of hydroxylamine groups is 2. The zero-order valence-electron chi connectivity index (χ0n) is 21.1. The van der Waals surface area contributed by atoms with E-state index in [9.17, 15) is 27.9 Å². The molecule has 1 fully saturated rings. The number of aromatic nitrogens is 1. The summed E-state index contributed by atoms with van der Waals surface area (Å²) in [7, 11) is -4.98. The van der Waals surface area contributed by atoms with Gasteiger partial charge in [-0.25, -0.2) is 4.98 Å². The van der Waals surface area contributed by atoms with Crippen molar-refractivity contribution in [3.05, 3.63) is 40.9 Å². The number of carboxylic acids is 1. The molecule has 1 aromatic carbocycles. The molecule has 7 N–H and O–H groups in total. The summed E-state index contributed by atoms with van der Waals surface area (Å²) in [5.74, 6) is -3.71. The number of nitrogens with one attached hydrogen (secondary N) is 1. The van der Waals surface area contributed by atoms with E-state index in [4.69, 9.17) is 31.0 Å². The Morgan fingerprint density at radius 3 is 2.45 bits per heavy atom. The summed E-state index contributed by atoms with van der Waals surface area (Å²) in [4.78, 5) is 46.5. The predicted molar refractivity (Wildman–Crippen MR) is 140 cm³/mol. The molecule has 216 valence electrons. The van der Waals surface area contributed by atoms with Crippen molar-refractivity contribution in [2.75, 3.05) is 12.3 Å². The van der Waals surface area contributed by atoms with Crippen molar-refractivity contribution in [3.8, 4) is 5.75 Å². The van der Waals surface area contributed by atoms with Crippen molar-refractivity contribution < 1.29 is 46.3 Å². The lowest BCUT2D eigenvalue weighted by molar-refractivity contribution is -0.228. The van der Waals surface area contributed by atoms with Gasteiger partial charge in [0.05, 0.1) is 17.9 Å². The van der Waals surface area contributed by atoms with Crippen molar-refractivity contribution in [3.63, 3.8) is 0 Å². The SMILES string of the molecule is CC1(C)C(CC(=O)/C(=N\OC(COc2ccc(C(=N)N)cc2)CC(=O)O)c2csc(N)n2)C(=O)N1OS(=O)(=O)O. The number of hydrogen-bond donors (Lipinski definition) is 5. The average Bonchev–Trinajstić information content (AvgIpc) is 3.29. The molecule has 0 spiro atoms. The lowest BCUT2D eigenvalue weighted by Crippen LogP contribution is -2.68. The van der Waals surface area contributed by atoms with Gasteiger partial charge in [-0.1, -0.05) is 5.16 Å². The number of carbonyl (C=O) groups is 3. The Labute approximate surface area is 231 Å². The molecule has 3 rings (SSSR count). The van der Waals surface area contributed by atoms with Gasteiger partial charge in [-0.3, -0.25) is 24.3 Å². The average molecular weight is 599 g/mol. The van der Waals surface area contributed by atoms with Gasteiger partial charge in [0.1, 0.15) is 23.9 Å². The highest BCUT2D eigenvalue weighted by molar-refractivity contribution is 7.80. The second kappa shape index (κ2) is 11.9. The second-order valence-corrected chi connectivity index (χ2v) is 10.9. The highest BCUT2D eigenvalue weighted by atomic mass is 32.3. The number of thiazole rings is 1. The third kappa shape index (κ3) is 7.50. The summed E-state index contributed by atoms with van der Waals surface area (Å²) in [6, 6.07) is 6.13. The van der Waals surface area contributed by atoms with Crippen molar-refractivity contribution in [2.45, 2.75) is 38.3 Å². The fourth-order valence-corrected chi connectivity index (χ4v) is 4.66. The number of carboxylic acid groups (broad SMARTS) is 1. The molecule has 0 saturated carbocycles. The van der Waals surface area contributed by atoms with Crippen LogP contribution >= 0.6 is 11.3 Å². The van der Waals surface area contributed by atoms with Crippen LogP contribution in [0, 0.1) is 11.3 Å². The van der Waals surface area contributed by atoms with E-state index in [1.165, 1.54) is 43.5 Å². The molecule has 2 atom stereocenters. The van der Waals surface area contributed by atoms with Gasteiger partial charge in [-0.15, -0.1) is 15.6 Å². The molecule has 1 aliphatic rings.